The van der Waals surface area contributed by atoms with Crippen molar-refractivity contribution < 1.29 is 22.7 Å². The fourth-order valence-electron chi connectivity index (χ4n) is 3.16. The molecule has 0 saturated heterocycles. The maximum Gasteiger partial charge on any atom is 0.338 e. The predicted octanol–water partition coefficient (Wildman–Crippen LogP) is 4.35. The van der Waals surface area contributed by atoms with E-state index in [2.05, 4.69) is 4.98 Å². The van der Waals surface area contributed by atoms with Crippen molar-refractivity contribution in [3.05, 3.63) is 75.8 Å². The molecule has 0 aliphatic heterocycles. The third-order valence-corrected chi connectivity index (χ3v) is 6.54. The molecule has 0 aliphatic rings. The molecule has 2 aromatic carbocycles. The Kier molecular flexibility index (Phi) is 7.10. The number of ether oxygens (including phenoxy) is 1. The summed E-state index contributed by atoms with van der Waals surface area (Å²) in [7, 11) is -3.21. The van der Waals surface area contributed by atoms with Crippen LogP contribution in [0.1, 0.15) is 39.7 Å². The molecule has 7 nitrogen and oxygen atoms in total. The van der Waals surface area contributed by atoms with Gasteiger partial charge in [-0.1, -0.05) is 24.3 Å². The van der Waals surface area contributed by atoms with E-state index in [1.165, 1.54) is 24.3 Å². The molecule has 0 N–H and O–H groups in total. The van der Waals surface area contributed by atoms with Gasteiger partial charge in [0.15, 0.2) is 15.0 Å². The molecule has 3 aromatic rings. The molecular weight excluding hydrogens is 448 g/mol. The highest BCUT2D eigenvalue weighted by atomic mass is 32.2. The zero-order valence-electron chi connectivity index (χ0n) is 18.3. The number of carbonyl (C=O) groups is 2. The minimum atomic E-state index is -3.21. The van der Waals surface area contributed by atoms with Crippen LogP contribution in [0.2, 0.25) is 0 Å². The summed E-state index contributed by atoms with van der Waals surface area (Å²) in [6.45, 7) is 5.35. The first-order valence-electron chi connectivity index (χ1n) is 9.80. The summed E-state index contributed by atoms with van der Waals surface area (Å²) in [4.78, 5) is 30.8. The molecule has 0 bridgehead atoms. The normalized spacial score (nSPS) is 11.2. The van der Waals surface area contributed by atoms with Crippen LogP contribution in [0.4, 0.5) is 10.8 Å². The zero-order valence-corrected chi connectivity index (χ0v) is 19.9. The number of esters is 1. The van der Waals surface area contributed by atoms with Crippen LogP contribution in [0.3, 0.4) is 0 Å². The molecule has 1 aromatic heterocycles. The van der Waals surface area contributed by atoms with Crippen LogP contribution in [0.25, 0.3) is 0 Å². The Labute approximate surface area is 191 Å². The Morgan fingerprint density at radius 2 is 1.84 bits per heavy atom. The SMILES string of the molecule is CC(=O)N(c1nc(COC(=O)c2cccc(CS(C)(=O)=O)c2)cs1)c1cccc(C)c1C. The van der Waals surface area contributed by atoms with Gasteiger partial charge in [0.25, 0.3) is 0 Å². The van der Waals surface area contributed by atoms with Gasteiger partial charge in [-0.05, 0) is 48.7 Å². The van der Waals surface area contributed by atoms with Gasteiger partial charge in [-0.25, -0.2) is 18.2 Å². The van der Waals surface area contributed by atoms with Crippen molar-refractivity contribution in [1.29, 1.82) is 0 Å². The van der Waals surface area contributed by atoms with E-state index in [-0.39, 0.29) is 23.8 Å². The number of rotatable bonds is 7. The molecule has 1 heterocycles. The van der Waals surface area contributed by atoms with Crippen molar-refractivity contribution in [2.75, 3.05) is 11.2 Å². The van der Waals surface area contributed by atoms with Gasteiger partial charge in [-0.2, -0.15) is 0 Å². The summed E-state index contributed by atoms with van der Waals surface area (Å²) >= 11 is 1.29. The van der Waals surface area contributed by atoms with Gasteiger partial charge in [0.2, 0.25) is 5.91 Å². The van der Waals surface area contributed by atoms with Crippen LogP contribution in [0, 0.1) is 13.8 Å². The van der Waals surface area contributed by atoms with E-state index < -0.39 is 15.8 Å². The molecule has 3 rings (SSSR count). The van der Waals surface area contributed by atoms with Gasteiger partial charge < -0.3 is 4.74 Å². The van der Waals surface area contributed by atoms with Crippen molar-refractivity contribution in [2.45, 2.75) is 33.1 Å². The van der Waals surface area contributed by atoms with Crippen LogP contribution in [0.15, 0.2) is 47.8 Å². The van der Waals surface area contributed by atoms with E-state index in [1.807, 2.05) is 32.0 Å². The molecule has 1 amide bonds. The minimum absolute atomic E-state index is 0.0653. The fourth-order valence-corrected chi connectivity index (χ4v) is 4.81. The predicted molar refractivity (Wildman–Crippen MR) is 125 cm³/mol. The number of amides is 1. The van der Waals surface area contributed by atoms with Crippen molar-refractivity contribution >= 4 is 43.9 Å². The average Bonchev–Trinajstić information content (AvgIpc) is 3.16. The van der Waals surface area contributed by atoms with Gasteiger partial charge in [-0.15, -0.1) is 11.3 Å². The Bertz CT molecular complexity index is 1260. The van der Waals surface area contributed by atoms with E-state index in [4.69, 9.17) is 4.74 Å². The number of anilines is 2. The minimum Gasteiger partial charge on any atom is -0.456 e. The topological polar surface area (TPSA) is 93.6 Å². The Balaban J connectivity index is 1.74. The first-order valence-corrected chi connectivity index (χ1v) is 12.7. The zero-order chi connectivity index (χ0) is 23.5. The van der Waals surface area contributed by atoms with Crippen LogP contribution in [0.5, 0.6) is 0 Å². The van der Waals surface area contributed by atoms with Gasteiger partial charge in [0.1, 0.15) is 6.61 Å². The highest BCUT2D eigenvalue weighted by molar-refractivity contribution is 7.89. The van der Waals surface area contributed by atoms with Gasteiger partial charge in [-0.3, -0.25) is 9.69 Å². The van der Waals surface area contributed by atoms with Crippen molar-refractivity contribution in [2.24, 2.45) is 0 Å². The lowest BCUT2D eigenvalue weighted by Gasteiger charge is -2.21. The summed E-state index contributed by atoms with van der Waals surface area (Å²) in [6.07, 6.45) is 1.14. The average molecular weight is 473 g/mol. The summed E-state index contributed by atoms with van der Waals surface area (Å²) in [6, 6.07) is 12.1. The number of thiazole rings is 1. The van der Waals surface area contributed by atoms with Crippen molar-refractivity contribution in [3.8, 4) is 0 Å². The van der Waals surface area contributed by atoms with E-state index in [0.717, 1.165) is 23.1 Å². The molecule has 9 heteroatoms. The number of nitrogens with zero attached hydrogens (tertiary/aromatic N) is 2. The lowest BCUT2D eigenvalue weighted by molar-refractivity contribution is -0.115. The summed E-state index contributed by atoms with van der Waals surface area (Å²) in [5.74, 6) is -0.893. The number of sulfone groups is 1. The number of hydrogen-bond donors (Lipinski definition) is 0. The van der Waals surface area contributed by atoms with E-state index in [1.54, 1.807) is 28.5 Å². The maximum absolute atomic E-state index is 12.4. The van der Waals surface area contributed by atoms with Gasteiger partial charge in [0, 0.05) is 18.6 Å². The molecule has 0 saturated carbocycles. The summed E-state index contributed by atoms with van der Waals surface area (Å²) in [5, 5.41) is 2.23. The van der Waals surface area contributed by atoms with Gasteiger partial charge >= 0.3 is 5.97 Å². The fraction of sp³-hybridized carbons (Fsp3) is 0.261. The second-order valence-electron chi connectivity index (χ2n) is 7.54. The van der Waals surface area contributed by atoms with E-state index >= 15 is 0 Å². The van der Waals surface area contributed by atoms with Crippen LogP contribution < -0.4 is 4.90 Å². The van der Waals surface area contributed by atoms with Gasteiger partial charge in [0.05, 0.1) is 22.7 Å². The number of hydrogen-bond acceptors (Lipinski definition) is 7. The standard InChI is InChI=1S/C23H24N2O5S2/c1-15-7-5-10-21(16(15)2)25(17(3)26)23-24-20(13-31-23)12-30-22(27)19-9-6-8-18(11-19)14-32(4,28)29/h5-11,13H,12,14H2,1-4H3. The second-order valence-corrected chi connectivity index (χ2v) is 10.5. The molecule has 0 spiro atoms. The smallest absolute Gasteiger partial charge is 0.338 e. The first kappa shape index (κ1) is 23.6. The molecule has 32 heavy (non-hydrogen) atoms. The molecule has 0 fully saturated rings. The molecule has 0 atom stereocenters. The molecular formula is C23H24N2O5S2. The first-order chi connectivity index (χ1) is 15.0. The van der Waals surface area contributed by atoms with Crippen molar-refractivity contribution in [3.63, 3.8) is 0 Å². The Hall–Kier alpha value is -3.04. The highest BCUT2D eigenvalue weighted by Gasteiger charge is 2.21. The van der Waals surface area contributed by atoms with Crippen LogP contribution >= 0.6 is 11.3 Å². The Morgan fingerprint density at radius 3 is 2.53 bits per heavy atom. The number of benzene rings is 2. The second kappa shape index (κ2) is 9.62. The van der Waals surface area contributed by atoms with Crippen LogP contribution in [-0.2, 0) is 31.7 Å². The summed E-state index contributed by atoms with van der Waals surface area (Å²) < 4.78 is 28.3. The Morgan fingerprint density at radius 1 is 1.12 bits per heavy atom. The van der Waals surface area contributed by atoms with Crippen LogP contribution in [-0.4, -0.2) is 31.5 Å². The third-order valence-electron chi connectivity index (χ3n) is 4.81. The largest absolute Gasteiger partial charge is 0.456 e. The van der Waals surface area contributed by atoms with Crippen molar-refractivity contribution in [1.82, 2.24) is 4.98 Å². The summed E-state index contributed by atoms with van der Waals surface area (Å²) in [5.41, 5.74) is 4.11. The molecule has 0 unspecified atom stereocenters. The molecule has 0 radical (unpaired) electrons. The third kappa shape index (κ3) is 5.80. The lowest BCUT2D eigenvalue weighted by atomic mass is 10.1. The molecule has 168 valence electrons. The monoisotopic (exact) mass is 472 g/mol. The highest BCUT2D eigenvalue weighted by Crippen LogP contribution is 2.32. The number of aryl methyl sites for hydroxylation is 1. The number of aromatic nitrogens is 1. The number of carbonyl (C=O) groups excluding carboxylic acids is 2. The lowest BCUT2D eigenvalue weighted by Crippen LogP contribution is -2.23. The molecule has 0 aliphatic carbocycles. The van der Waals surface area contributed by atoms with E-state index in [9.17, 15) is 18.0 Å². The quantitative estimate of drug-likeness (QED) is 0.475. The maximum atomic E-state index is 12.4. The van der Waals surface area contributed by atoms with E-state index in [0.29, 0.717) is 16.4 Å².